The highest BCUT2D eigenvalue weighted by atomic mass is 16.1. The van der Waals surface area contributed by atoms with Crippen LogP contribution < -0.4 is 10.2 Å². The van der Waals surface area contributed by atoms with E-state index in [1.165, 1.54) is 16.6 Å². The summed E-state index contributed by atoms with van der Waals surface area (Å²) in [4.78, 5) is 17.2. The summed E-state index contributed by atoms with van der Waals surface area (Å²) in [6, 6.07) is 8.58. The van der Waals surface area contributed by atoms with Crippen molar-refractivity contribution in [2.75, 3.05) is 25.0 Å². The van der Waals surface area contributed by atoms with Gasteiger partial charge in [-0.3, -0.25) is 4.79 Å². The third kappa shape index (κ3) is 2.30. The lowest BCUT2D eigenvalue weighted by molar-refractivity contribution is -0.125. The van der Waals surface area contributed by atoms with E-state index in [1.54, 1.807) is 7.05 Å². The predicted molar refractivity (Wildman–Crippen MR) is 77.3 cm³/mol. The first-order valence-electron chi connectivity index (χ1n) is 6.81. The van der Waals surface area contributed by atoms with Crippen molar-refractivity contribution in [1.29, 1.82) is 0 Å². The number of fused-ring (bicyclic) bond motifs is 1. The van der Waals surface area contributed by atoms with Crippen molar-refractivity contribution in [1.82, 2.24) is 10.3 Å². The van der Waals surface area contributed by atoms with Crippen LogP contribution in [0.2, 0.25) is 0 Å². The van der Waals surface area contributed by atoms with E-state index in [1.807, 2.05) is 6.20 Å². The van der Waals surface area contributed by atoms with Crippen molar-refractivity contribution in [2.24, 2.45) is 5.92 Å². The highest BCUT2D eigenvalue weighted by Gasteiger charge is 2.24. The van der Waals surface area contributed by atoms with Gasteiger partial charge in [-0.15, -0.1) is 0 Å². The second kappa shape index (κ2) is 4.96. The molecular weight excluding hydrogens is 238 g/mol. The number of hydrogen-bond donors (Lipinski definition) is 2. The number of nitrogens with zero attached hydrogens (tertiary/aromatic N) is 1. The Labute approximate surface area is 112 Å². The van der Waals surface area contributed by atoms with Crippen LogP contribution in [0.5, 0.6) is 0 Å². The summed E-state index contributed by atoms with van der Waals surface area (Å²) < 4.78 is 0. The van der Waals surface area contributed by atoms with Gasteiger partial charge in [-0.2, -0.15) is 0 Å². The molecule has 0 unspecified atom stereocenters. The largest absolute Gasteiger partial charge is 0.371 e. The molecule has 19 heavy (non-hydrogen) atoms. The molecule has 1 aromatic carbocycles. The molecule has 2 aromatic rings. The minimum atomic E-state index is 0.176. The lowest BCUT2D eigenvalue weighted by Crippen LogP contribution is -2.39. The second-order valence-corrected chi connectivity index (χ2v) is 5.12. The van der Waals surface area contributed by atoms with Crippen molar-refractivity contribution in [3.05, 3.63) is 30.5 Å². The Morgan fingerprint density at radius 1 is 1.32 bits per heavy atom. The zero-order valence-electron chi connectivity index (χ0n) is 11.1. The molecule has 1 aromatic heterocycles. The number of benzene rings is 1. The molecule has 100 valence electrons. The molecule has 1 aliphatic rings. The number of rotatable bonds is 2. The van der Waals surface area contributed by atoms with Crippen LogP contribution in [0.3, 0.4) is 0 Å². The summed E-state index contributed by atoms with van der Waals surface area (Å²) in [6.07, 6.45) is 3.83. The molecule has 0 saturated carbocycles. The van der Waals surface area contributed by atoms with Gasteiger partial charge in [0, 0.05) is 43.5 Å². The van der Waals surface area contributed by atoms with Crippen molar-refractivity contribution < 1.29 is 4.79 Å². The van der Waals surface area contributed by atoms with Gasteiger partial charge in [0.2, 0.25) is 5.91 Å². The van der Waals surface area contributed by atoms with Gasteiger partial charge in [0.05, 0.1) is 0 Å². The lowest BCUT2D eigenvalue weighted by atomic mass is 9.95. The van der Waals surface area contributed by atoms with E-state index in [9.17, 15) is 4.79 Å². The summed E-state index contributed by atoms with van der Waals surface area (Å²) in [5.74, 6) is 0.356. The van der Waals surface area contributed by atoms with Gasteiger partial charge in [-0.05, 0) is 36.4 Å². The topological polar surface area (TPSA) is 48.1 Å². The predicted octanol–water partition coefficient (Wildman–Crippen LogP) is 2.13. The summed E-state index contributed by atoms with van der Waals surface area (Å²) >= 11 is 0. The molecule has 2 heterocycles. The highest BCUT2D eigenvalue weighted by molar-refractivity contribution is 5.83. The molecule has 0 bridgehead atoms. The van der Waals surface area contributed by atoms with Gasteiger partial charge in [0.1, 0.15) is 0 Å². The number of hydrogen-bond acceptors (Lipinski definition) is 2. The average Bonchev–Trinajstić information content (AvgIpc) is 2.94. The maximum atomic E-state index is 11.6. The van der Waals surface area contributed by atoms with E-state index < -0.39 is 0 Å². The van der Waals surface area contributed by atoms with Gasteiger partial charge in [0.25, 0.3) is 0 Å². The zero-order chi connectivity index (χ0) is 13.2. The summed E-state index contributed by atoms with van der Waals surface area (Å²) in [5.41, 5.74) is 2.41. The molecular formula is C15H19N3O. The van der Waals surface area contributed by atoms with E-state index in [2.05, 4.69) is 39.5 Å². The number of piperidine rings is 1. The van der Waals surface area contributed by atoms with Crippen molar-refractivity contribution in [2.45, 2.75) is 12.8 Å². The molecule has 4 heteroatoms. The molecule has 1 saturated heterocycles. The molecule has 0 radical (unpaired) electrons. The van der Waals surface area contributed by atoms with Crippen molar-refractivity contribution >= 4 is 22.5 Å². The Bertz CT molecular complexity index is 582. The summed E-state index contributed by atoms with van der Waals surface area (Å²) in [5, 5.41) is 3.99. The number of carbonyl (C=O) groups is 1. The van der Waals surface area contributed by atoms with Gasteiger partial charge in [0.15, 0.2) is 0 Å². The maximum Gasteiger partial charge on any atom is 0.222 e. The Balaban J connectivity index is 1.72. The first-order chi connectivity index (χ1) is 9.28. The molecule has 1 amide bonds. The maximum absolute atomic E-state index is 11.6. The first kappa shape index (κ1) is 12.1. The number of carbonyl (C=O) groups excluding carboxylic acids is 1. The van der Waals surface area contributed by atoms with Crippen LogP contribution in [0, 0.1) is 5.92 Å². The van der Waals surface area contributed by atoms with Gasteiger partial charge >= 0.3 is 0 Å². The third-order valence-electron chi connectivity index (χ3n) is 4.02. The Morgan fingerprint density at radius 2 is 2.11 bits per heavy atom. The SMILES string of the molecule is CNC(=O)C1CCN(c2ccc3cc[nH]c3c2)CC1. The van der Waals surface area contributed by atoms with Crippen LogP contribution in [0.1, 0.15) is 12.8 Å². The fraction of sp³-hybridized carbons (Fsp3) is 0.400. The number of amides is 1. The molecule has 2 N–H and O–H groups in total. The number of aromatic nitrogens is 1. The minimum absolute atomic E-state index is 0.176. The monoisotopic (exact) mass is 257 g/mol. The van der Waals surface area contributed by atoms with Crippen LogP contribution in [-0.2, 0) is 4.79 Å². The van der Waals surface area contributed by atoms with Crippen LogP contribution in [0.25, 0.3) is 10.9 Å². The van der Waals surface area contributed by atoms with Gasteiger partial charge in [-0.1, -0.05) is 6.07 Å². The van der Waals surface area contributed by atoms with Gasteiger partial charge < -0.3 is 15.2 Å². The van der Waals surface area contributed by atoms with Crippen LogP contribution in [-0.4, -0.2) is 31.0 Å². The number of H-pyrrole nitrogens is 1. The van der Waals surface area contributed by atoms with Gasteiger partial charge in [-0.25, -0.2) is 0 Å². The second-order valence-electron chi connectivity index (χ2n) is 5.12. The average molecular weight is 257 g/mol. The molecule has 1 fully saturated rings. The summed E-state index contributed by atoms with van der Waals surface area (Å²) in [7, 11) is 1.72. The third-order valence-corrected chi connectivity index (χ3v) is 4.02. The quantitative estimate of drug-likeness (QED) is 0.866. The van der Waals surface area contributed by atoms with E-state index in [4.69, 9.17) is 0 Å². The van der Waals surface area contributed by atoms with Crippen LogP contribution >= 0.6 is 0 Å². The highest BCUT2D eigenvalue weighted by Crippen LogP contribution is 2.26. The number of aromatic amines is 1. The molecule has 4 nitrogen and oxygen atoms in total. The molecule has 1 aliphatic heterocycles. The van der Waals surface area contributed by atoms with Crippen molar-refractivity contribution in [3.8, 4) is 0 Å². The van der Waals surface area contributed by atoms with E-state index in [0.717, 1.165) is 25.9 Å². The van der Waals surface area contributed by atoms with E-state index in [-0.39, 0.29) is 11.8 Å². The molecule has 0 spiro atoms. The van der Waals surface area contributed by atoms with E-state index >= 15 is 0 Å². The Kier molecular flexibility index (Phi) is 3.15. The Morgan fingerprint density at radius 3 is 2.84 bits per heavy atom. The minimum Gasteiger partial charge on any atom is -0.371 e. The number of nitrogens with one attached hydrogen (secondary N) is 2. The number of anilines is 1. The standard InChI is InChI=1S/C15H19N3O/c1-16-15(19)12-5-8-18(9-6-12)13-3-2-11-4-7-17-14(11)10-13/h2-4,7,10,12,17H,5-6,8-9H2,1H3,(H,16,19). The van der Waals surface area contributed by atoms with Crippen LogP contribution in [0.4, 0.5) is 5.69 Å². The van der Waals surface area contributed by atoms with Crippen molar-refractivity contribution in [3.63, 3.8) is 0 Å². The lowest BCUT2D eigenvalue weighted by Gasteiger charge is -2.32. The summed E-state index contributed by atoms with van der Waals surface area (Å²) in [6.45, 7) is 1.90. The molecule has 0 atom stereocenters. The normalized spacial score (nSPS) is 16.8. The zero-order valence-corrected chi connectivity index (χ0v) is 11.1. The first-order valence-corrected chi connectivity index (χ1v) is 6.81. The fourth-order valence-corrected chi connectivity index (χ4v) is 2.84. The fourth-order valence-electron chi connectivity index (χ4n) is 2.84. The molecule has 0 aliphatic carbocycles. The van der Waals surface area contributed by atoms with E-state index in [0.29, 0.717) is 0 Å². The smallest absolute Gasteiger partial charge is 0.222 e. The Hall–Kier alpha value is -1.97. The molecule has 3 rings (SSSR count). The van der Waals surface area contributed by atoms with Crippen LogP contribution in [0.15, 0.2) is 30.5 Å².